The molecule has 0 unspecified atom stereocenters. The van der Waals surface area contributed by atoms with Gasteiger partial charge < -0.3 is 0 Å². The Balaban J connectivity index is 1.59. The van der Waals surface area contributed by atoms with Crippen molar-refractivity contribution in [3.05, 3.63) is 150 Å². The third kappa shape index (κ3) is 4.70. The van der Waals surface area contributed by atoms with Crippen molar-refractivity contribution in [2.24, 2.45) is 5.84 Å². The number of nitrogens with zero attached hydrogens (tertiary/aromatic N) is 1. The summed E-state index contributed by atoms with van der Waals surface area (Å²) in [6.45, 7) is 0.185. The second kappa shape index (κ2) is 11.4. The minimum atomic E-state index is -4.12. The zero-order valence-electron chi connectivity index (χ0n) is 22.9. The van der Waals surface area contributed by atoms with Gasteiger partial charge in [-0.15, -0.1) is 11.8 Å². The van der Waals surface area contributed by atoms with Crippen molar-refractivity contribution < 1.29 is 13.2 Å². The molecule has 212 valence electrons. The first-order valence-corrected chi connectivity index (χ1v) is 16.1. The molecule has 0 aromatic heterocycles. The molecule has 3 N–H and O–H groups in total. The van der Waals surface area contributed by atoms with Crippen LogP contribution in [-0.4, -0.2) is 30.0 Å². The number of sulfonamides is 1. The summed E-state index contributed by atoms with van der Waals surface area (Å²) < 4.78 is 29.4. The molecule has 1 aliphatic rings. The minimum Gasteiger partial charge on any atom is -0.292 e. The largest absolute Gasteiger partial charge is 0.292 e. The van der Waals surface area contributed by atoms with E-state index in [9.17, 15) is 13.2 Å². The Morgan fingerprint density at radius 2 is 1.24 bits per heavy atom. The predicted molar refractivity (Wildman–Crippen MR) is 169 cm³/mol. The molecule has 8 heteroatoms. The van der Waals surface area contributed by atoms with Crippen molar-refractivity contribution in [2.45, 2.75) is 27.4 Å². The number of benzene rings is 5. The van der Waals surface area contributed by atoms with E-state index in [1.165, 1.54) is 16.1 Å². The van der Waals surface area contributed by atoms with Crippen LogP contribution in [0.25, 0.3) is 10.8 Å². The van der Waals surface area contributed by atoms with Crippen LogP contribution in [0.4, 0.5) is 0 Å². The van der Waals surface area contributed by atoms with E-state index in [1.807, 2.05) is 115 Å². The molecule has 42 heavy (non-hydrogen) atoms. The quantitative estimate of drug-likeness (QED) is 0.0991. The third-order valence-electron chi connectivity index (χ3n) is 7.94. The van der Waals surface area contributed by atoms with Gasteiger partial charge in [0.15, 0.2) is 4.87 Å². The highest BCUT2D eigenvalue weighted by atomic mass is 32.2. The Bertz CT molecular complexity index is 1720. The third-order valence-corrected chi connectivity index (χ3v) is 11.9. The molecular weight excluding hydrogens is 563 g/mol. The summed E-state index contributed by atoms with van der Waals surface area (Å²) in [5.41, 5.74) is 5.11. The number of nitrogens with two attached hydrogens (primary N) is 1. The lowest BCUT2D eigenvalue weighted by molar-refractivity contribution is -0.125. The van der Waals surface area contributed by atoms with Crippen molar-refractivity contribution >= 4 is 38.5 Å². The fraction of sp³-hybridized carbons (Fsp3) is 0.147. The highest BCUT2D eigenvalue weighted by Gasteiger charge is 2.58. The smallest absolute Gasteiger partial charge is 0.265 e. The van der Waals surface area contributed by atoms with Gasteiger partial charge >= 0.3 is 0 Å². The maximum atomic E-state index is 14.5. The number of amides is 1. The van der Waals surface area contributed by atoms with Gasteiger partial charge in [-0.1, -0.05) is 121 Å². The zero-order valence-corrected chi connectivity index (χ0v) is 24.5. The van der Waals surface area contributed by atoms with E-state index in [2.05, 4.69) is 5.43 Å². The maximum Gasteiger partial charge on any atom is 0.265 e. The molecule has 6 nitrogen and oxygen atoms in total. The molecule has 0 aliphatic carbocycles. The number of fused-ring (bicyclic) bond motifs is 1. The number of hydrogen-bond acceptors (Lipinski definition) is 5. The van der Waals surface area contributed by atoms with Crippen LogP contribution in [0.2, 0.25) is 0 Å². The molecular formula is C34H31N3O3S2. The highest BCUT2D eigenvalue weighted by molar-refractivity contribution is 8.03. The summed E-state index contributed by atoms with van der Waals surface area (Å²) in [5, 5.41) is 1.75. The van der Waals surface area contributed by atoms with Crippen molar-refractivity contribution in [1.29, 1.82) is 0 Å². The van der Waals surface area contributed by atoms with Gasteiger partial charge in [0, 0.05) is 6.54 Å². The highest BCUT2D eigenvalue weighted by Crippen LogP contribution is 2.57. The van der Waals surface area contributed by atoms with Gasteiger partial charge in [-0.25, -0.2) is 14.3 Å². The molecule has 5 aromatic rings. The van der Waals surface area contributed by atoms with Crippen molar-refractivity contribution in [3.63, 3.8) is 0 Å². The number of hydrogen-bond donors (Lipinski definition) is 2. The molecule has 1 saturated heterocycles. The van der Waals surface area contributed by atoms with E-state index in [0.29, 0.717) is 12.8 Å². The van der Waals surface area contributed by atoms with E-state index in [1.54, 1.807) is 18.2 Å². The molecule has 0 bridgehead atoms. The van der Waals surface area contributed by atoms with Gasteiger partial charge in [0.2, 0.25) is 10.0 Å². The number of carbonyl (C=O) groups excluding carboxylic acids is 1. The molecule has 1 amide bonds. The van der Waals surface area contributed by atoms with E-state index in [0.717, 1.165) is 27.5 Å². The Morgan fingerprint density at radius 1 is 0.738 bits per heavy atom. The van der Waals surface area contributed by atoms with E-state index < -0.39 is 25.5 Å². The number of hydrazine groups is 1. The summed E-state index contributed by atoms with van der Waals surface area (Å²) in [4.78, 5) is 12.6. The Morgan fingerprint density at radius 3 is 1.76 bits per heavy atom. The monoisotopic (exact) mass is 593 g/mol. The molecule has 1 heterocycles. The fourth-order valence-electron chi connectivity index (χ4n) is 5.97. The van der Waals surface area contributed by atoms with Crippen LogP contribution >= 0.6 is 11.8 Å². The van der Waals surface area contributed by atoms with Crippen LogP contribution in [0.5, 0.6) is 0 Å². The lowest BCUT2D eigenvalue weighted by Gasteiger charge is -2.44. The summed E-state index contributed by atoms with van der Waals surface area (Å²) in [5.74, 6) is 5.30. The number of rotatable bonds is 8. The topological polar surface area (TPSA) is 92.5 Å². The van der Waals surface area contributed by atoms with Crippen molar-refractivity contribution in [2.75, 3.05) is 6.54 Å². The van der Waals surface area contributed by atoms with E-state index in [-0.39, 0.29) is 11.4 Å². The van der Waals surface area contributed by atoms with Crippen molar-refractivity contribution in [1.82, 2.24) is 9.73 Å². The molecule has 1 aliphatic heterocycles. The second-order valence-electron chi connectivity index (χ2n) is 10.3. The van der Waals surface area contributed by atoms with Crippen LogP contribution in [0, 0.1) is 0 Å². The second-order valence-corrected chi connectivity index (χ2v) is 13.7. The first-order valence-electron chi connectivity index (χ1n) is 13.8. The average Bonchev–Trinajstić information content (AvgIpc) is 3.50. The van der Waals surface area contributed by atoms with Gasteiger partial charge in [0.25, 0.3) is 5.91 Å². The number of thioether (sulfide) groups is 1. The standard InChI is InChI=1S/C34H31N3O3S2/c35-36-32(38)33(23-12-24-37(33)42(39,40)31-22-21-26-13-10-11-14-27(26)25-31)41-34(28-15-4-1-5-16-28,29-17-6-2-7-18-29)30-19-8-3-9-20-30/h1-11,13-22,25H,12,23-24,35H2,(H,36,38)/t33-/m0/s1. The average molecular weight is 594 g/mol. The number of nitrogens with one attached hydrogen (secondary N) is 1. The van der Waals surface area contributed by atoms with Crippen LogP contribution in [0.1, 0.15) is 29.5 Å². The van der Waals surface area contributed by atoms with Gasteiger partial charge in [-0.2, -0.15) is 4.31 Å². The summed E-state index contributed by atoms with van der Waals surface area (Å²) in [6.07, 6.45) is 0.795. The first-order chi connectivity index (χ1) is 20.4. The Kier molecular flexibility index (Phi) is 7.64. The maximum absolute atomic E-state index is 14.5. The Hall–Kier alpha value is -3.95. The molecule has 6 rings (SSSR count). The molecule has 0 spiro atoms. The van der Waals surface area contributed by atoms with Crippen LogP contribution in [0.15, 0.2) is 138 Å². The molecule has 0 radical (unpaired) electrons. The van der Waals surface area contributed by atoms with Gasteiger partial charge in [-0.3, -0.25) is 10.2 Å². The fourth-order valence-corrected chi connectivity index (χ4v) is 9.94. The van der Waals surface area contributed by atoms with Crippen LogP contribution in [0.3, 0.4) is 0 Å². The zero-order chi connectivity index (χ0) is 29.2. The molecule has 1 fully saturated rings. The lowest BCUT2D eigenvalue weighted by Crippen LogP contribution is -2.58. The van der Waals surface area contributed by atoms with E-state index in [4.69, 9.17) is 5.84 Å². The van der Waals surface area contributed by atoms with Gasteiger partial charge in [-0.05, 0) is 52.4 Å². The number of carbonyl (C=O) groups is 1. The summed E-state index contributed by atoms with van der Waals surface area (Å²) >= 11 is 1.33. The van der Waals surface area contributed by atoms with Gasteiger partial charge in [0.1, 0.15) is 0 Å². The minimum absolute atomic E-state index is 0.141. The summed E-state index contributed by atoms with van der Waals surface area (Å²) in [6, 6.07) is 42.5. The molecule has 5 aromatic carbocycles. The molecule has 1 atom stereocenters. The van der Waals surface area contributed by atoms with E-state index >= 15 is 0 Å². The van der Waals surface area contributed by atoms with Crippen LogP contribution in [-0.2, 0) is 19.6 Å². The summed E-state index contributed by atoms with van der Waals surface area (Å²) in [7, 11) is -4.12. The van der Waals surface area contributed by atoms with Gasteiger partial charge in [0.05, 0.1) is 9.64 Å². The van der Waals surface area contributed by atoms with Crippen molar-refractivity contribution in [3.8, 4) is 0 Å². The molecule has 0 saturated carbocycles. The predicted octanol–water partition coefficient (Wildman–Crippen LogP) is 6.04. The SMILES string of the molecule is NNC(=O)[C@@]1(SC(c2ccccc2)(c2ccccc2)c2ccccc2)CCCN1S(=O)(=O)c1ccc2ccccc2c1. The normalized spacial score (nSPS) is 17.7. The Labute approximate surface area is 250 Å². The lowest BCUT2D eigenvalue weighted by atomic mass is 9.84. The first kappa shape index (κ1) is 28.2. The van der Waals surface area contributed by atoms with Crippen LogP contribution < -0.4 is 11.3 Å².